The highest BCUT2D eigenvalue weighted by atomic mass is 19.1. The Morgan fingerprint density at radius 3 is 2.57 bits per heavy atom. The molecular weight excluding hydrogens is 186 g/mol. The lowest BCUT2D eigenvalue weighted by Gasteiger charge is -2.00. The predicted molar refractivity (Wildman–Crippen MR) is 48.7 cm³/mol. The summed E-state index contributed by atoms with van der Waals surface area (Å²) in [6.45, 7) is 1.78. The van der Waals surface area contributed by atoms with E-state index in [-0.39, 0.29) is 11.1 Å². The molecule has 1 aromatic carbocycles. The van der Waals surface area contributed by atoms with Crippen LogP contribution in [0.3, 0.4) is 0 Å². The van der Waals surface area contributed by atoms with Gasteiger partial charge in [0.05, 0.1) is 11.8 Å². The van der Waals surface area contributed by atoms with Gasteiger partial charge in [0.1, 0.15) is 5.82 Å². The minimum Gasteiger partial charge on any atom is -0.253 e. The molecule has 0 unspecified atom stereocenters. The quantitative estimate of drug-likeness (QED) is 0.742. The smallest absolute Gasteiger partial charge is 0.216 e. The Kier molecular flexibility index (Phi) is 2.04. The lowest BCUT2D eigenvalue weighted by atomic mass is 10.1. The molecule has 1 N–H and O–H groups in total. The summed E-state index contributed by atoms with van der Waals surface area (Å²) in [4.78, 5) is 0. The van der Waals surface area contributed by atoms with Gasteiger partial charge in [-0.25, -0.2) is 4.39 Å². The van der Waals surface area contributed by atoms with Crippen LogP contribution in [0, 0.1) is 18.7 Å². The lowest BCUT2D eigenvalue weighted by Crippen LogP contribution is -1.86. The first-order valence-corrected chi connectivity index (χ1v) is 4.14. The normalized spacial score (nSPS) is 10.5. The van der Waals surface area contributed by atoms with E-state index in [0.717, 1.165) is 5.56 Å². The van der Waals surface area contributed by atoms with Crippen molar-refractivity contribution in [3.63, 3.8) is 0 Å². The van der Waals surface area contributed by atoms with Crippen LogP contribution in [0.1, 0.15) is 5.56 Å². The monoisotopic (exact) mass is 194 g/mol. The number of halogens is 2. The Bertz CT molecular complexity index is 463. The van der Waals surface area contributed by atoms with E-state index in [1.54, 1.807) is 19.1 Å². The molecule has 2 nitrogen and oxygen atoms in total. The zero-order chi connectivity index (χ0) is 10.1. The number of aromatic amines is 1. The van der Waals surface area contributed by atoms with Crippen molar-refractivity contribution in [3.05, 3.63) is 41.7 Å². The number of aromatic nitrogens is 2. The van der Waals surface area contributed by atoms with E-state index in [1.807, 2.05) is 0 Å². The van der Waals surface area contributed by atoms with E-state index in [0.29, 0.717) is 0 Å². The van der Waals surface area contributed by atoms with Gasteiger partial charge >= 0.3 is 0 Å². The largest absolute Gasteiger partial charge is 0.253 e. The van der Waals surface area contributed by atoms with Crippen LogP contribution in [-0.2, 0) is 0 Å². The number of nitrogens with one attached hydrogen (secondary N) is 1. The molecule has 0 spiro atoms. The van der Waals surface area contributed by atoms with Crippen molar-refractivity contribution < 1.29 is 8.78 Å². The number of rotatable bonds is 1. The molecule has 0 amide bonds. The van der Waals surface area contributed by atoms with Crippen molar-refractivity contribution in [3.8, 4) is 11.1 Å². The molecule has 1 heterocycles. The van der Waals surface area contributed by atoms with Gasteiger partial charge in [-0.1, -0.05) is 12.1 Å². The van der Waals surface area contributed by atoms with Gasteiger partial charge in [0, 0.05) is 5.56 Å². The zero-order valence-corrected chi connectivity index (χ0v) is 7.51. The first kappa shape index (κ1) is 8.87. The molecule has 0 bridgehead atoms. The third kappa shape index (κ3) is 1.39. The summed E-state index contributed by atoms with van der Waals surface area (Å²) in [5, 5.41) is 5.62. The molecule has 14 heavy (non-hydrogen) atoms. The lowest BCUT2D eigenvalue weighted by molar-refractivity contribution is 0.578. The second kappa shape index (κ2) is 3.21. The SMILES string of the molecule is Cc1ccc(-c2cn[nH]c2F)c(F)c1. The minimum absolute atomic E-state index is 0.155. The highest BCUT2D eigenvalue weighted by molar-refractivity contribution is 5.63. The summed E-state index contributed by atoms with van der Waals surface area (Å²) < 4.78 is 26.4. The summed E-state index contributed by atoms with van der Waals surface area (Å²) in [5.41, 5.74) is 1.18. The van der Waals surface area contributed by atoms with Crippen LogP contribution in [0.25, 0.3) is 11.1 Å². The highest BCUT2D eigenvalue weighted by Crippen LogP contribution is 2.24. The molecule has 0 aliphatic heterocycles. The van der Waals surface area contributed by atoms with Crippen LogP contribution in [0.4, 0.5) is 8.78 Å². The van der Waals surface area contributed by atoms with Gasteiger partial charge in [0.15, 0.2) is 0 Å². The molecule has 72 valence electrons. The van der Waals surface area contributed by atoms with Gasteiger partial charge in [-0.15, -0.1) is 0 Å². The first-order valence-electron chi connectivity index (χ1n) is 4.14. The minimum atomic E-state index is -0.618. The van der Waals surface area contributed by atoms with Crippen LogP contribution in [-0.4, -0.2) is 10.2 Å². The van der Waals surface area contributed by atoms with E-state index < -0.39 is 11.8 Å². The molecule has 0 saturated carbocycles. The van der Waals surface area contributed by atoms with Crippen LogP contribution in [0.2, 0.25) is 0 Å². The van der Waals surface area contributed by atoms with Crippen molar-refractivity contribution in [2.24, 2.45) is 0 Å². The number of benzene rings is 1. The van der Waals surface area contributed by atoms with Crippen LogP contribution in [0.15, 0.2) is 24.4 Å². The first-order chi connectivity index (χ1) is 6.68. The summed E-state index contributed by atoms with van der Waals surface area (Å²) in [5.74, 6) is -1.06. The average molecular weight is 194 g/mol. The maximum atomic E-state index is 13.4. The maximum absolute atomic E-state index is 13.4. The van der Waals surface area contributed by atoms with Crippen molar-refractivity contribution in [1.29, 1.82) is 0 Å². The molecule has 4 heteroatoms. The second-order valence-electron chi connectivity index (χ2n) is 3.08. The number of nitrogens with zero attached hydrogens (tertiary/aromatic N) is 1. The zero-order valence-electron chi connectivity index (χ0n) is 7.51. The van der Waals surface area contributed by atoms with Gasteiger partial charge in [0.25, 0.3) is 0 Å². The van der Waals surface area contributed by atoms with Gasteiger partial charge in [-0.05, 0) is 18.6 Å². The van der Waals surface area contributed by atoms with Gasteiger partial charge in [-0.3, -0.25) is 5.10 Å². The molecule has 1 aromatic heterocycles. The van der Waals surface area contributed by atoms with E-state index in [9.17, 15) is 8.78 Å². The molecule has 0 aliphatic carbocycles. The Hall–Kier alpha value is -1.71. The average Bonchev–Trinajstić information content (AvgIpc) is 2.52. The van der Waals surface area contributed by atoms with E-state index >= 15 is 0 Å². The van der Waals surface area contributed by atoms with Crippen LogP contribution in [0.5, 0.6) is 0 Å². The fourth-order valence-corrected chi connectivity index (χ4v) is 1.30. The summed E-state index contributed by atoms with van der Waals surface area (Å²) >= 11 is 0. The summed E-state index contributed by atoms with van der Waals surface area (Å²) in [7, 11) is 0. The number of hydrogen-bond acceptors (Lipinski definition) is 1. The Morgan fingerprint density at radius 1 is 1.21 bits per heavy atom. The van der Waals surface area contributed by atoms with Crippen LogP contribution >= 0.6 is 0 Å². The van der Waals surface area contributed by atoms with Crippen molar-refractivity contribution in [1.82, 2.24) is 10.2 Å². The topological polar surface area (TPSA) is 28.7 Å². The molecule has 2 rings (SSSR count). The van der Waals surface area contributed by atoms with E-state index in [4.69, 9.17) is 0 Å². The number of H-pyrrole nitrogens is 1. The molecule has 0 aliphatic rings. The predicted octanol–water partition coefficient (Wildman–Crippen LogP) is 2.66. The second-order valence-corrected chi connectivity index (χ2v) is 3.08. The molecular formula is C10H8F2N2. The fraction of sp³-hybridized carbons (Fsp3) is 0.100. The molecule has 0 fully saturated rings. The van der Waals surface area contributed by atoms with Gasteiger partial charge in [0.2, 0.25) is 5.95 Å². The van der Waals surface area contributed by atoms with Crippen molar-refractivity contribution >= 4 is 0 Å². The van der Waals surface area contributed by atoms with Crippen LogP contribution < -0.4 is 0 Å². The number of hydrogen-bond donors (Lipinski definition) is 1. The van der Waals surface area contributed by atoms with Crippen molar-refractivity contribution in [2.45, 2.75) is 6.92 Å². The van der Waals surface area contributed by atoms with E-state index in [1.165, 1.54) is 12.3 Å². The maximum Gasteiger partial charge on any atom is 0.216 e. The Balaban J connectivity index is 2.58. The molecule has 0 atom stereocenters. The Labute approximate surface area is 79.6 Å². The third-order valence-corrected chi connectivity index (χ3v) is 2.01. The summed E-state index contributed by atoms with van der Waals surface area (Å²) in [6.07, 6.45) is 1.27. The summed E-state index contributed by atoms with van der Waals surface area (Å²) in [6, 6.07) is 4.63. The third-order valence-electron chi connectivity index (χ3n) is 2.01. The Morgan fingerprint density at radius 2 is 2.00 bits per heavy atom. The standard InChI is InChI=1S/C10H8F2N2/c1-6-2-3-7(9(11)4-6)8-5-13-14-10(8)12/h2-5H,1H3,(H,13,14). The highest BCUT2D eigenvalue weighted by Gasteiger charge is 2.11. The molecule has 0 radical (unpaired) electrons. The molecule has 2 aromatic rings. The molecule has 0 saturated heterocycles. The fourth-order valence-electron chi connectivity index (χ4n) is 1.30. The van der Waals surface area contributed by atoms with Gasteiger partial charge < -0.3 is 0 Å². The van der Waals surface area contributed by atoms with E-state index in [2.05, 4.69) is 10.2 Å². The van der Waals surface area contributed by atoms with Gasteiger partial charge in [-0.2, -0.15) is 9.49 Å². The van der Waals surface area contributed by atoms with Crippen molar-refractivity contribution in [2.75, 3.05) is 0 Å². The number of aryl methyl sites for hydroxylation is 1.